The normalized spacial score (nSPS) is 15.0. The van der Waals surface area contributed by atoms with Crippen LogP contribution in [0.3, 0.4) is 0 Å². The summed E-state index contributed by atoms with van der Waals surface area (Å²) < 4.78 is 60.6. The number of halogens is 4. The van der Waals surface area contributed by atoms with Crippen molar-refractivity contribution in [2.24, 2.45) is 0 Å². The number of hydroxylamine groups is 1. The van der Waals surface area contributed by atoms with Crippen LogP contribution < -0.4 is 25.3 Å². The molecule has 43 heavy (non-hydrogen) atoms. The summed E-state index contributed by atoms with van der Waals surface area (Å²) in [4.78, 5) is 34.8. The molecule has 0 saturated carbocycles. The molecule has 2 N–H and O–H groups in total. The van der Waals surface area contributed by atoms with Gasteiger partial charge in [0.15, 0.2) is 11.6 Å². The minimum absolute atomic E-state index is 0.139. The molecule has 4 rings (SSSR count). The Hall–Kier alpha value is -4.50. The summed E-state index contributed by atoms with van der Waals surface area (Å²) in [6, 6.07) is 5.41. The lowest BCUT2D eigenvalue weighted by Gasteiger charge is -2.25. The Morgan fingerprint density at radius 1 is 1.21 bits per heavy atom. The van der Waals surface area contributed by atoms with Crippen LogP contribution >= 0.6 is 0 Å². The van der Waals surface area contributed by atoms with Crippen molar-refractivity contribution < 1.29 is 31.9 Å². The van der Waals surface area contributed by atoms with Crippen molar-refractivity contribution in [1.29, 1.82) is 0 Å². The number of hydrogen-bond donors (Lipinski definition) is 2. The van der Waals surface area contributed by atoms with E-state index in [2.05, 4.69) is 32.2 Å². The Balaban J connectivity index is 1.66. The van der Waals surface area contributed by atoms with E-state index >= 15 is 0 Å². The van der Waals surface area contributed by atoms with Gasteiger partial charge in [-0.1, -0.05) is 18.7 Å². The first kappa shape index (κ1) is 31.4. The third kappa shape index (κ3) is 7.29. The van der Waals surface area contributed by atoms with Crippen LogP contribution in [0.15, 0.2) is 49.3 Å². The van der Waals surface area contributed by atoms with Gasteiger partial charge in [0.05, 0.1) is 31.0 Å². The van der Waals surface area contributed by atoms with Gasteiger partial charge in [-0.05, 0) is 32.3 Å². The molecular formula is C28H32F4N8O3. The molecule has 230 valence electrons. The van der Waals surface area contributed by atoms with Gasteiger partial charge in [0.2, 0.25) is 11.8 Å². The summed E-state index contributed by atoms with van der Waals surface area (Å²) >= 11 is 0. The minimum Gasteiger partial charge on any atom is -0.479 e. The maximum atomic E-state index is 15.0. The number of alkyl halides is 3. The van der Waals surface area contributed by atoms with Gasteiger partial charge in [-0.2, -0.15) is 18.2 Å². The van der Waals surface area contributed by atoms with Crippen molar-refractivity contribution in [2.45, 2.75) is 18.6 Å². The zero-order chi connectivity index (χ0) is 31.3. The average molecular weight is 605 g/mol. The van der Waals surface area contributed by atoms with Crippen molar-refractivity contribution in [3.8, 4) is 5.88 Å². The van der Waals surface area contributed by atoms with Gasteiger partial charge < -0.3 is 25.2 Å². The molecule has 1 aliphatic heterocycles. The van der Waals surface area contributed by atoms with Gasteiger partial charge in [0.25, 0.3) is 0 Å². The van der Waals surface area contributed by atoms with Crippen molar-refractivity contribution >= 4 is 34.7 Å². The smallest absolute Gasteiger partial charge is 0.419 e. The van der Waals surface area contributed by atoms with Crippen LogP contribution in [0.1, 0.15) is 23.6 Å². The molecule has 0 spiro atoms. The molecule has 11 nitrogen and oxygen atoms in total. The van der Waals surface area contributed by atoms with E-state index in [1.54, 1.807) is 6.07 Å². The fraction of sp³-hybridized carbons (Fsp3) is 0.357. The summed E-state index contributed by atoms with van der Waals surface area (Å²) in [6.07, 6.45) is -2.25. The van der Waals surface area contributed by atoms with Crippen LogP contribution in [0.25, 0.3) is 0 Å². The van der Waals surface area contributed by atoms with Crippen LogP contribution in [0.4, 0.5) is 46.4 Å². The van der Waals surface area contributed by atoms with Crippen LogP contribution in [-0.4, -0.2) is 73.7 Å². The SMILES string of the molecule is C=CC(=O)Nc1cc(Nc2cc(N3OCCC3c3cccc(C(F)(F)F)c3F)ncn2)c(OC)nc1N(C)CCN(C)C. The van der Waals surface area contributed by atoms with Gasteiger partial charge in [0.1, 0.15) is 23.6 Å². The number of methoxy groups -OCH3 is 1. The Morgan fingerprint density at radius 2 is 1.98 bits per heavy atom. The van der Waals surface area contributed by atoms with E-state index in [-0.39, 0.29) is 36.1 Å². The van der Waals surface area contributed by atoms with Gasteiger partial charge in [0, 0.05) is 38.2 Å². The van der Waals surface area contributed by atoms with Crippen LogP contribution in [0, 0.1) is 5.82 Å². The molecule has 2 aromatic heterocycles. The minimum atomic E-state index is -4.84. The number of anilines is 5. The third-order valence-corrected chi connectivity index (χ3v) is 6.59. The Kier molecular flexibility index (Phi) is 9.66. The van der Waals surface area contributed by atoms with Gasteiger partial charge >= 0.3 is 6.18 Å². The highest BCUT2D eigenvalue weighted by Gasteiger charge is 2.38. The number of nitrogens with one attached hydrogen (secondary N) is 2. The lowest BCUT2D eigenvalue weighted by molar-refractivity contribution is -0.140. The molecule has 0 aliphatic carbocycles. The topological polar surface area (TPSA) is 108 Å². The van der Waals surface area contributed by atoms with E-state index in [1.807, 2.05) is 30.9 Å². The fourth-order valence-electron chi connectivity index (χ4n) is 4.43. The van der Waals surface area contributed by atoms with Crippen molar-refractivity contribution in [2.75, 3.05) is 68.5 Å². The largest absolute Gasteiger partial charge is 0.479 e. The molecule has 0 bridgehead atoms. The maximum Gasteiger partial charge on any atom is 0.419 e. The van der Waals surface area contributed by atoms with Crippen molar-refractivity contribution in [1.82, 2.24) is 19.9 Å². The second-order valence-electron chi connectivity index (χ2n) is 9.89. The van der Waals surface area contributed by atoms with Crippen molar-refractivity contribution in [3.05, 3.63) is 66.3 Å². The van der Waals surface area contributed by atoms with Gasteiger partial charge in [-0.25, -0.2) is 19.4 Å². The van der Waals surface area contributed by atoms with Crippen LogP contribution in [0.2, 0.25) is 0 Å². The molecule has 0 radical (unpaired) electrons. The van der Waals surface area contributed by atoms with E-state index in [4.69, 9.17) is 9.57 Å². The van der Waals surface area contributed by atoms with Crippen LogP contribution in [0.5, 0.6) is 5.88 Å². The molecule has 1 unspecified atom stereocenters. The average Bonchev–Trinajstić information content (AvgIpc) is 3.45. The highest BCUT2D eigenvalue weighted by atomic mass is 19.4. The molecule has 1 saturated heterocycles. The van der Waals surface area contributed by atoms with E-state index < -0.39 is 29.5 Å². The number of nitrogens with zero attached hydrogens (tertiary/aromatic N) is 6. The molecule has 1 atom stereocenters. The number of hydrogen-bond acceptors (Lipinski definition) is 10. The van der Waals surface area contributed by atoms with E-state index in [0.29, 0.717) is 29.8 Å². The zero-order valence-electron chi connectivity index (χ0n) is 24.1. The van der Waals surface area contributed by atoms with E-state index in [0.717, 1.165) is 18.7 Å². The fourth-order valence-corrected chi connectivity index (χ4v) is 4.43. The Labute approximate surface area is 246 Å². The Morgan fingerprint density at radius 3 is 2.65 bits per heavy atom. The number of likely N-dealkylation sites (N-methyl/N-ethyl adjacent to an activating group) is 2. The predicted molar refractivity (Wildman–Crippen MR) is 154 cm³/mol. The number of carbonyl (C=O) groups is 1. The summed E-state index contributed by atoms with van der Waals surface area (Å²) in [6.45, 7) is 4.97. The number of ether oxygens (including phenoxy) is 1. The molecule has 15 heteroatoms. The molecule has 1 fully saturated rings. The molecule has 1 aliphatic rings. The number of rotatable bonds is 11. The lowest BCUT2D eigenvalue weighted by atomic mass is 10.0. The lowest BCUT2D eigenvalue weighted by Crippen LogP contribution is -2.30. The number of pyridine rings is 1. The molecule has 3 aromatic rings. The monoisotopic (exact) mass is 604 g/mol. The first-order chi connectivity index (χ1) is 20.4. The summed E-state index contributed by atoms with van der Waals surface area (Å²) in [5.41, 5.74) is -0.787. The highest BCUT2D eigenvalue weighted by Crippen LogP contribution is 2.40. The second-order valence-corrected chi connectivity index (χ2v) is 9.89. The molecule has 1 aromatic carbocycles. The number of aromatic nitrogens is 3. The number of amides is 1. The summed E-state index contributed by atoms with van der Waals surface area (Å²) in [5.74, 6) is -0.710. The molecule has 1 amide bonds. The van der Waals surface area contributed by atoms with E-state index in [1.165, 1.54) is 30.6 Å². The standard InChI is InChI=1S/C28H32F4N8O3/c1-6-24(41)36-19-14-20(27(42-5)37-26(19)39(4)12-11-38(2)3)35-22-15-23(34-16-33-22)40-21(10-13-43-40)17-8-7-9-18(25(17)29)28(30,31)32/h6-9,14-16,21H,1,10-13H2,2-5H3,(H,36,41)(H,33,34,35). The van der Waals surface area contributed by atoms with Crippen LogP contribution in [-0.2, 0) is 15.8 Å². The van der Waals surface area contributed by atoms with E-state index in [9.17, 15) is 22.4 Å². The zero-order valence-corrected chi connectivity index (χ0v) is 24.1. The maximum absolute atomic E-state index is 15.0. The third-order valence-electron chi connectivity index (χ3n) is 6.59. The predicted octanol–water partition coefficient (Wildman–Crippen LogP) is 4.79. The first-order valence-corrected chi connectivity index (χ1v) is 13.2. The van der Waals surface area contributed by atoms with Gasteiger partial charge in [-0.3, -0.25) is 9.63 Å². The highest BCUT2D eigenvalue weighted by molar-refractivity contribution is 6.01. The second kappa shape index (κ2) is 13.2. The summed E-state index contributed by atoms with van der Waals surface area (Å²) in [7, 11) is 7.16. The quantitative estimate of drug-likeness (QED) is 0.234. The number of benzene rings is 1. The number of carbonyl (C=O) groups excluding carboxylic acids is 1. The molecular weight excluding hydrogens is 572 g/mol. The molecule has 3 heterocycles. The first-order valence-electron chi connectivity index (χ1n) is 13.2. The Bertz CT molecular complexity index is 1470. The van der Waals surface area contributed by atoms with Crippen molar-refractivity contribution in [3.63, 3.8) is 0 Å². The summed E-state index contributed by atoms with van der Waals surface area (Å²) in [5, 5.41) is 7.11. The van der Waals surface area contributed by atoms with Gasteiger partial charge in [-0.15, -0.1) is 0 Å².